The van der Waals surface area contributed by atoms with Gasteiger partial charge in [-0.3, -0.25) is 9.36 Å². The maximum Gasteiger partial charge on any atom is 0.354 e. The lowest BCUT2D eigenvalue weighted by Gasteiger charge is -2.07. The van der Waals surface area contributed by atoms with E-state index in [2.05, 4.69) is 11.9 Å². The molecule has 170 valence electrons. The molecule has 6 nitrogen and oxygen atoms in total. The monoisotopic (exact) mass is 482 g/mol. The fourth-order valence-electron chi connectivity index (χ4n) is 3.37. The van der Waals surface area contributed by atoms with Crippen molar-refractivity contribution in [1.29, 1.82) is 0 Å². The third kappa shape index (κ3) is 5.10. The van der Waals surface area contributed by atoms with Crippen LogP contribution in [0.15, 0.2) is 59.7 Å². The van der Waals surface area contributed by atoms with Gasteiger partial charge in [0.25, 0.3) is 5.56 Å². The summed E-state index contributed by atoms with van der Waals surface area (Å²) in [6.45, 7) is 4.79. The van der Waals surface area contributed by atoms with Gasteiger partial charge in [-0.15, -0.1) is 11.3 Å². The molecule has 8 heteroatoms. The molecule has 0 unspecified atom stereocenters. The zero-order valence-corrected chi connectivity index (χ0v) is 19.9. The zero-order valence-electron chi connectivity index (χ0n) is 18.3. The van der Waals surface area contributed by atoms with Crippen LogP contribution in [0, 0.1) is 6.92 Å². The molecule has 33 heavy (non-hydrogen) atoms. The van der Waals surface area contributed by atoms with Crippen molar-refractivity contribution in [2.24, 2.45) is 0 Å². The van der Waals surface area contributed by atoms with Gasteiger partial charge in [0.1, 0.15) is 21.2 Å². The summed E-state index contributed by atoms with van der Waals surface area (Å²) in [5, 5.41) is 0.999. The molecule has 0 bridgehead atoms. The van der Waals surface area contributed by atoms with E-state index in [1.54, 1.807) is 37.3 Å². The van der Waals surface area contributed by atoms with Crippen LogP contribution < -0.4 is 15.0 Å². The predicted molar refractivity (Wildman–Crippen MR) is 131 cm³/mol. The minimum Gasteiger partial charge on any atom is -0.494 e. The van der Waals surface area contributed by atoms with Crippen molar-refractivity contribution < 1.29 is 14.3 Å². The van der Waals surface area contributed by atoms with E-state index in [0.717, 1.165) is 35.5 Å². The van der Waals surface area contributed by atoms with Crippen molar-refractivity contribution in [3.63, 3.8) is 0 Å². The van der Waals surface area contributed by atoms with Crippen molar-refractivity contribution in [2.45, 2.75) is 33.2 Å². The van der Waals surface area contributed by atoms with Crippen LogP contribution in [0.4, 0.5) is 0 Å². The highest BCUT2D eigenvalue weighted by Crippen LogP contribution is 2.29. The minimum atomic E-state index is -0.521. The molecule has 0 saturated heterocycles. The van der Waals surface area contributed by atoms with Crippen molar-refractivity contribution in [1.82, 2.24) is 9.55 Å². The standard InChI is InChI=1S/C25H23ClN2O4S/c1-3-4-13-31-18-9-11-19(12-10-18)32-25(30)22-16(2)21-23(33-22)27-15-28(24(21)29)14-17-7-5-6-8-20(17)26/h5-12,15H,3-4,13-14H2,1-2H3. The maximum absolute atomic E-state index is 13.1. The smallest absolute Gasteiger partial charge is 0.354 e. The Morgan fingerprint density at radius 1 is 1.12 bits per heavy atom. The zero-order chi connectivity index (χ0) is 23.4. The average molecular weight is 483 g/mol. The number of halogens is 1. The molecule has 0 aliphatic carbocycles. The summed E-state index contributed by atoms with van der Waals surface area (Å²) >= 11 is 7.39. The fraction of sp³-hybridized carbons (Fsp3) is 0.240. The van der Waals surface area contributed by atoms with Crippen LogP contribution in [-0.2, 0) is 6.54 Å². The van der Waals surface area contributed by atoms with E-state index in [1.807, 2.05) is 18.2 Å². The first-order valence-electron chi connectivity index (χ1n) is 10.6. The van der Waals surface area contributed by atoms with Crippen LogP contribution in [0.5, 0.6) is 11.5 Å². The molecule has 0 aliphatic heterocycles. The first-order chi connectivity index (χ1) is 16.0. The number of unbranched alkanes of at least 4 members (excludes halogenated alkanes) is 1. The second kappa shape index (κ2) is 10.2. The van der Waals surface area contributed by atoms with E-state index in [-0.39, 0.29) is 5.56 Å². The number of benzene rings is 2. The molecule has 2 aromatic carbocycles. The summed E-state index contributed by atoms with van der Waals surface area (Å²) in [5.41, 5.74) is 1.16. The summed E-state index contributed by atoms with van der Waals surface area (Å²) in [6, 6.07) is 14.3. The number of aromatic nitrogens is 2. The van der Waals surface area contributed by atoms with Gasteiger partial charge in [-0.1, -0.05) is 43.1 Å². The molecule has 4 rings (SSSR count). The summed E-state index contributed by atoms with van der Waals surface area (Å²) < 4.78 is 12.7. The van der Waals surface area contributed by atoms with E-state index in [9.17, 15) is 9.59 Å². The lowest BCUT2D eigenvalue weighted by atomic mass is 10.2. The van der Waals surface area contributed by atoms with Crippen LogP contribution in [-0.4, -0.2) is 22.1 Å². The molecule has 0 N–H and O–H groups in total. The molecule has 0 spiro atoms. The van der Waals surface area contributed by atoms with Crippen molar-refractivity contribution in [3.8, 4) is 11.5 Å². The van der Waals surface area contributed by atoms with E-state index in [4.69, 9.17) is 21.1 Å². The number of ether oxygens (including phenoxy) is 2. The fourth-order valence-corrected chi connectivity index (χ4v) is 4.58. The van der Waals surface area contributed by atoms with Crippen LogP contribution >= 0.6 is 22.9 Å². The Morgan fingerprint density at radius 2 is 1.85 bits per heavy atom. The molecule has 2 aromatic heterocycles. The number of aryl methyl sites for hydroxylation is 1. The normalized spacial score (nSPS) is 11.0. The molecular weight excluding hydrogens is 460 g/mol. The predicted octanol–water partition coefficient (Wildman–Crippen LogP) is 5.87. The molecule has 0 saturated carbocycles. The van der Waals surface area contributed by atoms with E-state index in [0.29, 0.717) is 44.6 Å². The van der Waals surface area contributed by atoms with E-state index < -0.39 is 5.97 Å². The minimum absolute atomic E-state index is 0.221. The highest BCUT2D eigenvalue weighted by atomic mass is 35.5. The second-order valence-corrected chi connectivity index (χ2v) is 8.97. The van der Waals surface area contributed by atoms with Gasteiger partial charge in [0.2, 0.25) is 0 Å². The van der Waals surface area contributed by atoms with Gasteiger partial charge in [-0.05, 0) is 54.8 Å². The largest absolute Gasteiger partial charge is 0.494 e. The van der Waals surface area contributed by atoms with E-state index in [1.165, 1.54) is 10.9 Å². The van der Waals surface area contributed by atoms with Gasteiger partial charge >= 0.3 is 5.97 Å². The SMILES string of the molecule is CCCCOc1ccc(OC(=O)c2sc3ncn(Cc4ccccc4Cl)c(=O)c3c2C)cc1. The third-order valence-electron chi connectivity index (χ3n) is 5.20. The molecule has 0 radical (unpaired) electrons. The van der Waals surface area contributed by atoms with Gasteiger partial charge in [0, 0.05) is 5.02 Å². The summed E-state index contributed by atoms with van der Waals surface area (Å²) in [5.74, 6) is 0.612. The third-order valence-corrected chi connectivity index (χ3v) is 6.75. The first kappa shape index (κ1) is 23.0. The molecule has 0 atom stereocenters. The summed E-state index contributed by atoms with van der Waals surface area (Å²) in [4.78, 5) is 31.2. The molecule has 0 aliphatic rings. The Bertz CT molecular complexity index is 1350. The quantitative estimate of drug-likeness (QED) is 0.178. The van der Waals surface area contributed by atoms with Gasteiger partial charge in [-0.2, -0.15) is 0 Å². The number of esters is 1. The molecule has 2 heterocycles. The number of hydrogen-bond donors (Lipinski definition) is 0. The van der Waals surface area contributed by atoms with Gasteiger partial charge in [-0.25, -0.2) is 9.78 Å². The Kier molecular flexibility index (Phi) is 7.11. The summed E-state index contributed by atoms with van der Waals surface area (Å²) in [6.07, 6.45) is 3.52. The highest BCUT2D eigenvalue weighted by Gasteiger charge is 2.21. The van der Waals surface area contributed by atoms with Gasteiger partial charge < -0.3 is 9.47 Å². The second-order valence-electron chi connectivity index (χ2n) is 7.57. The number of fused-ring (bicyclic) bond motifs is 1. The van der Waals surface area contributed by atoms with Crippen molar-refractivity contribution in [2.75, 3.05) is 6.61 Å². The van der Waals surface area contributed by atoms with Crippen LogP contribution in [0.1, 0.15) is 40.6 Å². The molecular formula is C25H23ClN2O4S. The lowest BCUT2D eigenvalue weighted by Crippen LogP contribution is -2.21. The molecule has 0 fully saturated rings. The topological polar surface area (TPSA) is 70.4 Å². The van der Waals surface area contributed by atoms with Gasteiger partial charge in [0.05, 0.1) is 24.9 Å². The lowest BCUT2D eigenvalue weighted by molar-refractivity contribution is 0.0739. The number of carbonyl (C=O) groups is 1. The molecule has 4 aromatic rings. The van der Waals surface area contributed by atoms with Crippen LogP contribution in [0.2, 0.25) is 5.02 Å². The average Bonchev–Trinajstić information content (AvgIpc) is 3.15. The highest BCUT2D eigenvalue weighted by molar-refractivity contribution is 7.20. The van der Waals surface area contributed by atoms with Crippen LogP contribution in [0.25, 0.3) is 10.2 Å². The first-order valence-corrected chi connectivity index (χ1v) is 11.8. The Labute approximate surface area is 200 Å². The Morgan fingerprint density at radius 3 is 2.58 bits per heavy atom. The number of rotatable bonds is 8. The van der Waals surface area contributed by atoms with Crippen molar-refractivity contribution >= 4 is 39.1 Å². The molecule has 0 amide bonds. The van der Waals surface area contributed by atoms with Crippen LogP contribution in [0.3, 0.4) is 0 Å². The maximum atomic E-state index is 13.1. The Balaban J connectivity index is 1.55. The summed E-state index contributed by atoms with van der Waals surface area (Å²) in [7, 11) is 0. The van der Waals surface area contributed by atoms with Gasteiger partial charge in [0.15, 0.2) is 0 Å². The Hall–Kier alpha value is -3.16. The number of carbonyl (C=O) groups excluding carboxylic acids is 1. The number of thiophene rings is 1. The number of hydrogen-bond acceptors (Lipinski definition) is 6. The van der Waals surface area contributed by atoms with Crippen molar-refractivity contribution in [3.05, 3.63) is 86.2 Å². The van der Waals surface area contributed by atoms with E-state index >= 15 is 0 Å². The number of nitrogens with zero attached hydrogens (tertiary/aromatic N) is 2.